The van der Waals surface area contributed by atoms with Crippen molar-refractivity contribution >= 4 is 0 Å². The quantitative estimate of drug-likeness (QED) is 0.842. The molecule has 2 aromatic heterocycles. The fraction of sp³-hybridized carbons (Fsp3) is 0.333. The van der Waals surface area contributed by atoms with E-state index in [1.54, 1.807) is 30.2 Å². The first-order chi connectivity index (χ1) is 7.58. The predicted octanol–water partition coefficient (Wildman–Crippen LogP) is 1.27. The minimum Gasteiger partial charge on any atom is -0.385 e. The van der Waals surface area contributed by atoms with E-state index in [2.05, 4.69) is 10.1 Å². The Labute approximate surface area is 94.6 Å². The van der Waals surface area contributed by atoms with Crippen LogP contribution in [0.2, 0.25) is 0 Å². The predicted molar refractivity (Wildman–Crippen MR) is 60.7 cm³/mol. The summed E-state index contributed by atoms with van der Waals surface area (Å²) in [5.74, 6) is 0. The highest BCUT2D eigenvalue weighted by atomic mass is 16.3. The number of nitrogens with zero attached hydrogens (tertiary/aromatic N) is 3. The van der Waals surface area contributed by atoms with Crippen molar-refractivity contribution in [3.8, 4) is 0 Å². The van der Waals surface area contributed by atoms with Crippen molar-refractivity contribution in [2.75, 3.05) is 0 Å². The Morgan fingerprint density at radius 3 is 2.81 bits per heavy atom. The summed E-state index contributed by atoms with van der Waals surface area (Å²) >= 11 is 0. The molecule has 0 saturated carbocycles. The van der Waals surface area contributed by atoms with Gasteiger partial charge in [-0.2, -0.15) is 5.10 Å². The minimum absolute atomic E-state index is 0.534. The summed E-state index contributed by atoms with van der Waals surface area (Å²) in [6.45, 7) is 1.79. The Hall–Kier alpha value is -1.68. The van der Waals surface area contributed by atoms with Gasteiger partial charge in [-0.05, 0) is 18.6 Å². The maximum absolute atomic E-state index is 10.4. The molecule has 1 atom stereocenters. The van der Waals surface area contributed by atoms with E-state index in [9.17, 15) is 5.11 Å². The summed E-state index contributed by atoms with van der Waals surface area (Å²) in [6.07, 6.45) is 7.60. The molecule has 0 fully saturated rings. The van der Waals surface area contributed by atoms with Crippen LogP contribution in [0.3, 0.4) is 0 Å². The molecular formula is C12H15N3O. The van der Waals surface area contributed by atoms with E-state index in [0.717, 1.165) is 11.1 Å². The lowest BCUT2D eigenvalue weighted by atomic mass is 9.91. The third-order valence-electron chi connectivity index (χ3n) is 2.59. The number of hydrogen-bond donors (Lipinski definition) is 1. The molecule has 2 heterocycles. The molecule has 1 unspecified atom stereocenters. The van der Waals surface area contributed by atoms with Gasteiger partial charge in [0.05, 0.1) is 11.8 Å². The van der Waals surface area contributed by atoms with Crippen LogP contribution in [0, 0.1) is 0 Å². The third kappa shape index (κ3) is 2.28. The van der Waals surface area contributed by atoms with Crippen LogP contribution < -0.4 is 0 Å². The highest BCUT2D eigenvalue weighted by Crippen LogP contribution is 2.23. The average molecular weight is 217 g/mol. The smallest absolute Gasteiger partial charge is 0.0924 e. The van der Waals surface area contributed by atoms with Crippen LogP contribution in [0.25, 0.3) is 0 Å². The Bertz CT molecular complexity index is 462. The molecule has 0 aliphatic carbocycles. The highest BCUT2D eigenvalue weighted by molar-refractivity contribution is 5.21. The molecule has 0 spiro atoms. The molecule has 0 aliphatic rings. The van der Waals surface area contributed by atoms with E-state index in [4.69, 9.17) is 0 Å². The largest absolute Gasteiger partial charge is 0.385 e. The van der Waals surface area contributed by atoms with E-state index >= 15 is 0 Å². The lowest BCUT2D eigenvalue weighted by Gasteiger charge is -2.22. The van der Waals surface area contributed by atoms with Crippen LogP contribution in [0.5, 0.6) is 0 Å². The zero-order valence-corrected chi connectivity index (χ0v) is 9.46. The van der Waals surface area contributed by atoms with Gasteiger partial charge in [0.1, 0.15) is 0 Å². The molecule has 4 heteroatoms. The zero-order valence-electron chi connectivity index (χ0n) is 9.46. The van der Waals surface area contributed by atoms with E-state index in [0.29, 0.717) is 6.42 Å². The van der Waals surface area contributed by atoms with Crippen molar-refractivity contribution in [3.05, 3.63) is 48.0 Å². The van der Waals surface area contributed by atoms with Crippen LogP contribution in [-0.4, -0.2) is 19.9 Å². The van der Waals surface area contributed by atoms with Crippen LogP contribution in [0.4, 0.5) is 0 Å². The van der Waals surface area contributed by atoms with Crippen LogP contribution in [-0.2, 0) is 19.1 Å². The van der Waals surface area contributed by atoms with Gasteiger partial charge in [-0.25, -0.2) is 0 Å². The Kier molecular flexibility index (Phi) is 2.75. The van der Waals surface area contributed by atoms with Gasteiger partial charge in [-0.15, -0.1) is 0 Å². The Morgan fingerprint density at radius 2 is 2.25 bits per heavy atom. The normalized spacial score (nSPS) is 14.7. The van der Waals surface area contributed by atoms with Crippen LogP contribution in [0.15, 0.2) is 36.9 Å². The van der Waals surface area contributed by atoms with Crippen molar-refractivity contribution in [3.63, 3.8) is 0 Å². The second kappa shape index (κ2) is 4.06. The molecule has 0 saturated heterocycles. The van der Waals surface area contributed by atoms with Crippen molar-refractivity contribution in [2.45, 2.75) is 18.9 Å². The second-order valence-corrected chi connectivity index (χ2v) is 4.21. The van der Waals surface area contributed by atoms with Gasteiger partial charge >= 0.3 is 0 Å². The van der Waals surface area contributed by atoms with Crippen LogP contribution in [0.1, 0.15) is 18.1 Å². The standard InChI is InChI=1S/C12H15N3O/c1-12(16,11-4-3-5-13-8-11)6-10-7-14-15(2)9-10/h3-5,7-9,16H,6H2,1-2H3. The van der Waals surface area contributed by atoms with E-state index in [1.165, 1.54) is 0 Å². The number of hydrogen-bond acceptors (Lipinski definition) is 3. The number of pyridine rings is 1. The van der Waals surface area contributed by atoms with Gasteiger partial charge in [0.15, 0.2) is 0 Å². The van der Waals surface area contributed by atoms with Gasteiger partial charge in [-0.1, -0.05) is 6.07 Å². The van der Waals surface area contributed by atoms with Gasteiger partial charge in [0.25, 0.3) is 0 Å². The molecule has 4 nitrogen and oxygen atoms in total. The Balaban J connectivity index is 2.20. The first-order valence-electron chi connectivity index (χ1n) is 5.18. The summed E-state index contributed by atoms with van der Waals surface area (Å²) in [6, 6.07) is 3.70. The summed E-state index contributed by atoms with van der Waals surface area (Å²) in [4.78, 5) is 4.02. The van der Waals surface area contributed by atoms with Gasteiger partial charge in [-0.3, -0.25) is 9.67 Å². The molecule has 0 radical (unpaired) electrons. The molecule has 1 N–H and O–H groups in total. The topological polar surface area (TPSA) is 50.9 Å². The number of aliphatic hydroxyl groups is 1. The van der Waals surface area contributed by atoms with Crippen molar-refractivity contribution in [1.82, 2.24) is 14.8 Å². The van der Waals surface area contributed by atoms with E-state index in [1.807, 2.05) is 25.4 Å². The number of rotatable bonds is 3. The SMILES string of the molecule is Cn1cc(CC(C)(O)c2cccnc2)cn1. The Morgan fingerprint density at radius 1 is 1.44 bits per heavy atom. The molecule has 0 aromatic carbocycles. The molecular weight excluding hydrogens is 202 g/mol. The lowest BCUT2D eigenvalue weighted by molar-refractivity contribution is 0.0572. The first-order valence-corrected chi connectivity index (χ1v) is 5.18. The van der Waals surface area contributed by atoms with Gasteiger partial charge in [0.2, 0.25) is 0 Å². The average Bonchev–Trinajstić information content (AvgIpc) is 2.64. The third-order valence-corrected chi connectivity index (χ3v) is 2.59. The van der Waals surface area contributed by atoms with Crippen molar-refractivity contribution in [2.24, 2.45) is 7.05 Å². The molecule has 0 amide bonds. The minimum atomic E-state index is -0.905. The monoisotopic (exact) mass is 217 g/mol. The summed E-state index contributed by atoms with van der Waals surface area (Å²) < 4.78 is 1.73. The van der Waals surface area contributed by atoms with Crippen molar-refractivity contribution in [1.29, 1.82) is 0 Å². The van der Waals surface area contributed by atoms with E-state index < -0.39 is 5.60 Å². The second-order valence-electron chi connectivity index (χ2n) is 4.21. The fourth-order valence-electron chi connectivity index (χ4n) is 1.74. The molecule has 2 aromatic rings. The fourth-order valence-corrected chi connectivity index (χ4v) is 1.74. The van der Waals surface area contributed by atoms with Crippen LogP contribution >= 0.6 is 0 Å². The number of aromatic nitrogens is 3. The lowest BCUT2D eigenvalue weighted by Crippen LogP contribution is -2.24. The molecule has 2 rings (SSSR count). The summed E-state index contributed by atoms with van der Waals surface area (Å²) in [5.41, 5.74) is 0.923. The number of aryl methyl sites for hydroxylation is 1. The molecule has 84 valence electrons. The molecule has 0 bridgehead atoms. The molecule has 0 aliphatic heterocycles. The highest BCUT2D eigenvalue weighted by Gasteiger charge is 2.24. The maximum Gasteiger partial charge on any atom is 0.0924 e. The molecule has 16 heavy (non-hydrogen) atoms. The van der Waals surface area contributed by atoms with Gasteiger partial charge in [0, 0.05) is 37.6 Å². The first kappa shape index (κ1) is 10.8. The maximum atomic E-state index is 10.4. The summed E-state index contributed by atoms with van der Waals surface area (Å²) in [7, 11) is 1.86. The van der Waals surface area contributed by atoms with Crippen molar-refractivity contribution < 1.29 is 5.11 Å². The van der Waals surface area contributed by atoms with E-state index in [-0.39, 0.29) is 0 Å². The summed E-state index contributed by atoms with van der Waals surface area (Å²) in [5, 5.41) is 14.5. The van der Waals surface area contributed by atoms with Gasteiger partial charge < -0.3 is 5.11 Å². The zero-order chi connectivity index (χ0) is 11.6.